The molecule has 1 aromatic carbocycles. The molecule has 1 atom stereocenters. The molecule has 0 aliphatic carbocycles. The van der Waals surface area contributed by atoms with Crippen LogP contribution >= 0.6 is 12.6 Å². The summed E-state index contributed by atoms with van der Waals surface area (Å²) in [6.07, 6.45) is 19.1. The Morgan fingerprint density at radius 1 is 0.793 bits per heavy atom. The van der Waals surface area contributed by atoms with Gasteiger partial charge in [-0.15, -0.1) is 0 Å². The second kappa shape index (κ2) is 14.4. The van der Waals surface area contributed by atoms with Gasteiger partial charge in [-0.25, -0.2) is 0 Å². The number of hydrogen-bond donors (Lipinski definition) is 2. The maximum absolute atomic E-state index is 10.5. The second-order valence-electron chi connectivity index (χ2n) is 10.0. The van der Waals surface area contributed by atoms with Gasteiger partial charge < -0.3 is 5.11 Å². The first-order valence-corrected chi connectivity index (χ1v) is 12.8. The zero-order valence-electron chi connectivity index (χ0n) is 20.0. The standard InChI is InChI=1S/C27H48OS/c1-6-7-8-9-10-11-12-13-14-15-16-17-18-19-26(29)23-21-25(28)24(20-22(23)2)27(3,4)5/h20-21,26,28-29H,6-19H2,1-5H3. The Morgan fingerprint density at radius 2 is 1.24 bits per heavy atom. The van der Waals surface area contributed by atoms with Gasteiger partial charge in [0.15, 0.2) is 0 Å². The molecular weight excluding hydrogens is 372 g/mol. The summed E-state index contributed by atoms with van der Waals surface area (Å²) in [4.78, 5) is 0. The van der Waals surface area contributed by atoms with E-state index in [4.69, 9.17) is 12.6 Å². The maximum Gasteiger partial charge on any atom is 0.119 e. The normalized spacial score (nSPS) is 13.0. The SMILES string of the molecule is CCCCCCCCCCCCCCCC(S)c1cc(O)c(C(C)(C)C)cc1C. The Hall–Kier alpha value is -0.630. The molecular formula is C27H48OS. The van der Waals surface area contributed by atoms with Crippen molar-refractivity contribution >= 4 is 12.6 Å². The van der Waals surface area contributed by atoms with Crippen LogP contribution in [0.15, 0.2) is 12.1 Å². The second-order valence-corrected chi connectivity index (χ2v) is 10.6. The maximum atomic E-state index is 10.5. The van der Waals surface area contributed by atoms with Gasteiger partial charge in [0.05, 0.1) is 0 Å². The van der Waals surface area contributed by atoms with Crippen LogP contribution < -0.4 is 0 Å². The van der Waals surface area contributed by atoms with Gasteiger partial charge in [0, 0.05) is 5.25 Å². The number of hydrogen-bond acceptors (Lipinski definition) is 2. The first-order chi connectivity index (χ1) is 13.8. The van der Waals surface area contributed by atoms with Crippen molar-refractivity contribution in [2.45, 2.75) is 135 Å². The number of rotatable bonds is 15. The van der Waals surface area contributed by atoms with Gasteiger partial charge in [0.25, 0.3) is 0 Å². The Morgan fingerprint density at radius 3 is 1.69 bits per heavy atom. The zero-order valence-corrected chi connectivity index (χ0v) is 20.9. The molecule has 168 valence electrons. The molecule has 0 amide bonds. The summed E-state index contributed by atoms with van der Waals surface area (Å²) in [6.45, 7) is 10.9. The van der Waals surface area contributed by atoms with Gasteiger partial charge in [-0.3, -0.25) is 0 Å². The number of unbranched alkanes of at least 4 members (excludes halogenated alkanes) is 12. The minimum Gasteiger partial charge on any atom is -0.508 e. The molecule has 29 heavy (non-hydrogen) atoms. The minimum atomic E-state index is -0.0332. The third-order valence-corrected chi connectivity index (χ3v) is 6.67. The third-order valence-electron chi connectivity index (χ3n) is 6.13. The van der Waals surface area contributed by atoms with Crippen molar-refractivity contribution in [1.82, 2.24) is 0 Å². The molecule has 0 fully saturated rings. The molecule has 0 aliphatic heterocycles. The summed E-state index contributed by atoms with van der Waals surface area (Å²) in [5, 5.41) is 10.7. The van der Waals surface area contributed by atoms with Gasteiger partial charge in [-0.05, 0) is 41.5 Å². The predicted molar refractivity (Wildman–Crippen MR) is 134 cm³/mol. The van der Waals surface area contributed by atoms with Crippen LogP contribution in [0, 0.1) is 6.92 Å². The summed E-state index contributed by atoms with van der Waals surface area (Å²) in [5.74, 6) is 0.419. The summed E-state index contributed by atoms with van der Waals surface area (Å²) >= 11 is 4.84. The quantitative estimate of drug-likeness (QED) is 0.214. The zero-order chi connectivity index (χ0) is 21.7. The summed E-state index contributed by atoms with van der Waals surface area (Å²) in [6, 6.07) is 4.10. The van der Waals surface area contributed by atoms with E-state index >= 15 is 0 Å². The summed E-state index contributed by atoms with van der Waals surface area (Å²) in [5.41, 5.74) is 3.44. The number of aryl methyl sites for hydroxylation is 1. The van der Waals surface area contributed by atoms with Gasteiger partial charge >= 0.3 is 0 Å². The van der Waals surface area contributed by atoms with Gasteiger partial charge in [0.2, 0.25) is 0 Å². The highest BCUT2D eigenvalue weighted by Gasteiger charge is 2.21. The molecule has 0 bridgehead atoms. The summed E-state index contributed by atoms with van der Waals surface area (Å²) < 4.78 is 0. The third kappa shape index (κ3) is 10.8. The highest BCUT2D eigenvalue weighted by Crippen LogP contribution is 2.37. The smallest absolute Gasteiger partial charge is 0.119 e. The average molecular weight is 421 g/mol. The van der Waals surface area contributed by atoms with Gasteiger partial charge in [0.1, 0.15) is 5.75 Å². The Kier molecular flexibility index (Phi) is 13.1. The van der Waals surface area contributed by atoms with Gasteiger partial charge in [-0.1, -0.05) is 117 Å². The molecule has 0 heterocycles. The molecule has 1 aromatic rings. The molecule has 1 nitrogen and oxygen atoms in total. The molecule has 0 spiro atoms. The highest BCUT2D eigenvalue weighted by molar-refractivity contribution is 7.80. The molecule has 0 saturated heterocycles. The Bertz CT molecular complexity index is 558. The highest BCUT2D eigenvalue weighted by atomic mass is 32.1. The van der Waals surface area contributed by atoms with Crippen LogP contribution in [0.5, 0.6) is 5.75 Å². The average Bonchev–Trinajstić information content (AvgIpc) is 2.66. The van der Waals surface area contributed by atoms with Crippen LogP contribution in [-0.4, -0.2) is 5.11 Å². The molecule has 2 heteroatoms. The molecule has 1 rings (SSSR count). The fourth-order valence-electron chi connectivity index (χ4n) is 4.18. The van der Waals surface area contributed by atoms with E-state index in [1.165, 1.54) is 94.6 Å². The van der Waals surface area contributed by atoms with E-state index in [1.807, 2.05) is 6.07 Å². The molecule has 1 unspecified atom stereocenters. The topological polar surface area (TPSA) is 20.2 Å². The number of aromatic hydroxyl groups is 1. The monoisotopic (exact) mass is 420 g/mol. The lowest BCUT2D eigenvalue weighted by molar-refractivity contribution is 0.445. The largest absolute Gasteiger partial charge is 0.508 e. The molecule has 0 aliphatic rings. The molecule has 0 radical (unpaired) electrons. The van der Waals surface area contributed by atoms with Crippen molar-refractivity contribution in [3.8, 4) is 5.75 Å². The lowest BCUT2D eigenvalue weighted by Gasteiger charge is -2.23. The van der Waals surface area contributed by atoms with E-state index in [1.54, 1.807) is 0 Å². The molecule has 1 N–H and O–H groups in total. The van der Waals surface area contributed by atoms with E-state index in [0.29, 0.717) is 5.75 Å². The Balaban J connectivity index is 2.16. The van der Waals surface area contributed by atoms with Crippen LogP contribution in [0.4, 0.5) is 0 Å². The number of benzene rings is 1. The minimum absolute atomic E-state index is 0.0332. The lowest BCUT2D eigenvalue weighted by Crippen LogP contribution is -2.12. The fourth-order valence-corrected chi connectivity index (χ4v) is 4.64. The number of thiol groups is 1. The summed E-state index contributed by atoms with van der Waals surface area (Å²) in [7, 11) is 0. The van der Waals surface area contributed by atoms with Crippen LogP contribution in [0.25, 0.3) is 0 Å². The van der Waals surface area contributed by atoms with E-state index in [9.17, 15) is 5.11 Å². The van der Waals surface area contributed by atoms with E-state index in [-0.39, 0.29) is 10.7 Å². The van der Waals surface area contributed by atoms with E-state index in [2.05, 4.69) is 40.7 Å². The van der Waals surface area contributed by atoms with E-state index < -0.39 is 0 Å². The van der Waals surface area contributed by atoms with Crippen LogP contribution in [0.3, 0.4) is 0 Å². The first-order valence-electron chi connectivity index (χ1n) is 12.3. The Labute approximate surface area is 187 Å². The molecule has 0 saturated carbocycles. The lowest BCUT2D eigenvalue weighted by atomic mass is 9.84. The van der Waals surface area contributed by atoms with Crippen LogP contribution in [-0.2, 0) is 5.41 Å². The number of phenolic OH excluding ortho intramolecular Hbond substituents is 1. The molecule has 0 aromatic heterocycles. The predicted octanol–water partition coefficient (Wildman–Crippen LogP) is 9.45. The number of phenols is 1. The van der Waals surface area contributed by atoms with Crippen molar-refractivity contribution in [1.29, 1.82) is 0 Å². The van der Waals surface area contributed by atoms with Crippen molar-refractivity contribution in [2.75, 3.05) is 0 Å². The van der Waals surface area contributed by atoms with Crippen LogP contribution in [0.2, 0.25) is 0 Å². The first kappa shape index (κ1) is 26.4. The van der Waals surface area contributed by atoms with Crippen molar-refractivity contribution in [2.24, 2.45) is 0 Å². The van der Waals surface area contributed by atoms with Crippen molar-refractivity contribution < 1.29 is 5.11 Å². The van der Waals surface area contributed by atoms with Crippen molar-refractivity contribution in [3.63, 3.8) is 0 Å². The van der Waals surface area contributed by atoms with Crippen LogP contribution in [0.1, 0.15) is 140 Å². The fraction of sp³-hybridized carbons (Fsp3) is 0.778. The van der Waals surface area contributed by atoms with Gasteiger partial charge in [-0.2, -0.15) is 12.6 Å². The van der Waals surface area contributed by atoms with Crippen molar-refractivity contribution in [3.05, 3.63) is 28.8 Å². The van der Waals surface area contributed by atoms with E-state index in [0.717, 1.165) is 12.0 Å².